The molecule has 2 aliphatic rings. The van der Waals surface area contributed by atoms with Gasteiger partial charge in [0.25, 0.3) is 6.47 Å². The molecule has 1 aromatic heterocycles. The van der Waals surface area contributed by atoms with Gasteiger partial charge in [-0.05, 0) is 32.7 Å². The molecule has 2 N–H and O–H groups in total. The van der Waals surface area contributed by atoms with Crippen LogP contribution in [0.4, 0.5) is 0 Å². The number of aliphatic hydroxyl groups is 1. The zero-order valence-electron chi connectivity index (χ0n) is 16.8. The minimum atomic E-state index is -0.294. The maximum absolute atomic E-state index is 12.4. The Bertz CT molecular complexity index is 607. The molecule has 3 heterocycles. The van der Waals surface area contributed by atoms with E-state index in [-0.39, 0.29) is 30.8 Å². The highest BCUT2D eigenvalue weighted by atomic mass is 16.5. The molecule has 28 heavy (non-hydrogen) atoms. The highest BCUT2D eigenvalue weighted by molar-refractivity contribution is 5.78. The molecule has 1 unspecified atom stereocenters. The minimum Gasteiger partial charge on any atom is -0.483 e. The largest absolute Gasteiger partial charge is 0.483 e. The van der Waals surface area contributed by atoms with Crippen molar-refractivity contribution in [2.45, 2.75) is 32.3 Å². The molecular formula is C19H32N4O5. The third-order valence-electron chi connectivity index (χ3n) is 5.48. The van der Waals surface area contributed by atoms with E-state index in [1.165, 1.54) is 0 Å². The fourth-order valence-electron chi connectivity index (χ4n) is 3.74. The van der Waals surface area contributed by atoms with Gasteiger partial charge in [0.1, 0.15) is 5.76 Å². The van der Waals surface area contributed by atoms with Crippen molar-refractivity contribution in [2.75, 3.05) is 52.9 Å². The first-order chi connectivity index (χ1) is 13.4. The van der Waals surface area contributed by atoms with Crippen molar-refractivity contribution in [3.05, 3.63) is 17.5 Å². The highest BCUT2D eigenvalue weighted by Crippen LogP contribution is 2.22. The molecule has 3 rings (SSSR count). The molecule has 0 radical (unpaired) electrons. The summed E-state index contributed by atoms with van der Waals surface area (Å²) in [6.45, 7) is 7.99. The lowest BCUT2D eigenvalue weighted by Gasteiger charge is -2.38. The first-order valence-corrected chi connectivity index (χ1v) is 9.79. The zero-order valence-corrected chi connectivity index (χ0v) is 16.8. The third-order valence-corrected chi connectivity index (χ3v) is 5.48. The summed E-state index contributed by atoms with van der Waals surface area (Å²) in [5, 5.41) is 21.3. The van der Waals surface area contributed by atoms with Gasteiger partial charge in [0.05, 0.1) is 18.2 Å². The Morgan fingerprint density at radius 3 is 2.43 bits per heavy atom. The van der Waals surface area contributed by atoms with Gasteiger partial charge in [-0.3, -0.25) is 14.5 Å². The number of piperidine rings is 1. The minimum absolute atomic E-state index is 0.0863. The summed E-state index contributed by atoms with van der Waals surface area (Å²) in [4.78, 5) is 27.3. The number of likely N-dealkylation sites (tertiary alicyclic amines) is 1. The molecule has 0 aromatic carbocycles. The topological polar surface area (TPSA) is 110 Å². The number of carboxylic acid groups (broad SMARTS) is 1. The Labute approximate surface area is 165 Å². The predicted octanol–water partition coefficient (Wildman–Crippen LogP) is 0.0732. The second-order valence-corrected chi connectivity index (χ2v) is 7.61. The van der Waals surface area contributed by atoms with Crippen LogP contribution in [0.5, 0.6) is 0 Å². The second-order valence-electron chi connectivity index (χ2n) is 7.61. The number of likely N-dealkylation sites (N-methyl/N-ethyl adjacent to an activating group) is 1. The lowest BCUT2D eigenvalue weighted by atomic mass is 9.90. The van der Waals surface area contributed by atoms with Crippen LogP contribution in [-0.4, -0.2) is 101 Å². The number of amides is 1. The van der Waals surface area contributed by atoms with Gasteiger partial charge in [-0.1, -0.05) is 5.16 Å². The number of carbonyl (C=O) groups excluding carboxylic acids is 1. The Morgan fingerprint density at radius 1 is 1.29 bits per heavy atom. The average Bonchev–Trinajstić information content (AvgIpc) is 3.09. The zero-order chi connectivity index (χ0) is 20.5. The van der Waals surface area contributed by atoms with E-state index in [4.69, 9.17) is 14.4 Å². The number of aromatic nitrogens is 1. The number of β-amino-alcohol motifs (C(OH)–C–C–N with tert-alkyl or cyclic N) is 1. The van der Waals surface area contributed by atoms with E-state index in [2.05, 4.69) is 22.0 Å². The first-order valence-electron chi connectivity index (χ1n) is 9.79. The van der Waals surface area contributed by atoms with Gasteiger partial charge >= 0.3 is 0 Å². The van der Waals surface area contributed by atoms with Crippen molar-refractivity contribution in [3.63, 3.8) is 0 Å². The van der Waals surface area contributed by atoms with Crippen LogP contribution in [0.3, 0.4) is 0 Å². The summed E-state index contributed by atoms with van der Waals surface area (Å²) < 4.78 is 5.13. The maximum atomic E-state index is 12.4. The fourth-order valence-corrected chi connectivity index (χ4v) is 3.74. The van der Waals surface area contributed by atoms with Gasteiger partial charge in [-0.2, -0.15) is 0 Å². The summed E-state index contributed by atoms with van der Waals surface area (Å²) in [5.41, 5.74) is 0.800. The van der Waals surface area contributed by atoms with E-state index in [9.17, 15) is 9.90 Å². The quantitative estimate of drug-likeness (QED) is 0.673. The Balaban J connectivity index is 0.000000878. The average molecular weight is 396 g/mol. The second kappa shape index (κ2) is 11.1. The monoisotopic (exact) mass is 396 g/mol. The van der Waals surface area contributed by atoms with Crippen LogP contribution >= 0.6 is 0 Å². The number of hydrogen-bond donors (Lipinski definition) is 2. The summed E-state index contributed by atoms with van der Waals surface area (Å²) in [5.74, 6) is 0.999. The number of carbonyl (C=O) groups is 2. The van der Waals surface area contributed by atoms with Crippen molar-refractivity contribution in [3.8, 4) is 0 Å². The Morgan fingerprint density at radius 2 is 1.89 bits per heavy atom. The maximum Gasteiger partial charge on any atom is 0.290 e. The Hall–Kier alpha value is -1.97. The van der Waals surface area contributed by atoms with Gasteiger partial charge in [0, 0.05) is 51.9 Å². The highest BCUT2D eigenvalue weighted by Gasteiger charge is 2.29. The summed E-state index contributed by atoms with van der Waals surface area (Å²) >= 11 is 0. The van der Waals surface area contributed by atoms with Crippen LogP contribution in [0.25, 0.3) is 0 Å². The van der Waals surface area contributed by atoms with Gasteiger partial charge in [-0.15, -0.1) is 0 Å². The smallest absolute Gasteiger partial charge is 0.290 e. The van der Waals surface area contributed by atoms with Crippen LogP contribution in [0, 0.1) is 12.8 Å². The van der Waals surface area contributed by atoms with Crippen molar-refractivity contribution >= 4 is 12.4 Å². The van der Waals surface area contributed by atoms with E-state index in [0.717, 1.165) is 64.3 Å². The standard InChI is InChI=1S/C18H30N4O3.CH2O2/c1-14-11-16(25-19-14)12-18(24)22-5-3-15(4-6-22)17(23)13-21-9-7-20(2)8-10-21;2-1-3/h11,15,17,23H,3-10,12-13H2,1-2H3;1H,(H,2,3). The lowest BCUT2D eigenvalue weighted by molar-refractivity contribution is -0.133. The van der Waals surface area contributed by atoms with E-state index in [1.54, 1.807) is 0 Å². The number of rotatable bonds is 5. The molecule has 0 spiro atoms. The van der Waals surface area contributed by atoms with Crippen LogP contribution in [0.15, 0.2) is 10.6 Å². The van der Waals surface area contributed by atoms with Gasteiger partial charge in [-0.25, -0.2) is 0 Å². The van der Waals surface area contributed by atoms with E-state index >= 15 is 0 Å². The molecule has 0 bridgehead atoms. The molecule has 2 fully saturated rings. The molecule has 1 amide bonds. The third kappa shape index (κ3) is 6.88. The number of hydrogen-bond acceptors (Lipinski definition) is 7. The molecule has 2 saturated heterocycles. The molecule has 2 aliphatic heterocycles. The SMILES string of the molecule is Cc1cc(CC(=O)N2CCC(C(O)CN3CCN(C)CC3)CC2)on1.O=CO. The molecule has 0 aliphatic carbocycles. The van der Waals surface area contributed by atoms with Gasteiger partial charge < -0.3 is 24.5 Å². The van der Waals surface area contributed by atoms with Crippen LogP contribution < -0.4 is 0 Å². The molecule has 158 valence electrons. The number of aryl methyl sites for hydroxylation is 1. The number of piperazine rings is 1. The molecule has 1 atom stereocenters. The summed E-state index contributed by atoms with van der Waals surface area (Å²) in [6, 6.07) is 1.81. The molecule has 1 aromatic rings. The van der Waals surface area contributed by atoms with Crippen LogP contribution in [-0.2, 0) is 16.0 Å². The van der Waals surface area contributed by atoms with E-state index in [0.29, 0.717) is 5.76 Å². The lowest BCUT2D eigenvalue weighted by Crippen LogP contribution is -2.49. The normalized spacial score (nSPS) is 20.3. The summed E-state index contributed by atoms with van der Waals surface area (Å²) in [7, 11) is 2.14. The molecule has 9 heteroatoms. The molecule has 0 saturated carbocycles. The van der Waals surface area contributed by atoms with Crippen LogP contribution in [0.2, 0.25) is 0 Å². The van der Waals surface area contributed by atoms with Crippen molar-refractivity contribution < 1.29 is 24.3 Å². The molecular weight excluding hydrogens is 364 g/mol. The van der Waals surface area contributed by atoms with Crippen molar-refractivity contribution in [2.24, 2.45) is 5.92 Å². The number of aliphatic hydroxyl groups excluding tert-OH is 1. The van der Waals surface area contributed by atoms with Gasteiger partial charge in [0.15, 0.2) is 0 Å². The Kier molecular flexibility index (Phi) is 8.88. The van der Waals surface area contributed by atoms with Crippen LogP contribution in [0.1, 0.15) is 24.3 Å². The fraction of sp³-hybridized carbons (Fsp3) is 0.737. The molecule has 9 nitrogen and oxygen atoms in total. The van der Waals surface area contributed by atoms with Crippen molar-refractivity contribution in [1.29, 1.82) is 0 Å². The number of nitrogens with zero attached hydrogens (tertiary/aromatic N) is 4. The first kappa shape index (κ1) is 22.3. The van der Waals surface area contributed by atoms with E-state index < -0.39 is 0 Å². The van der Waals surface area contributed by atoms with Crippen molar-refractivity contribution in [1.82, 2.24) is 19.9 Å². The van der Waals surface area contributed by atoms with Gasteiger partial charge in [0.2, 0.25) is 5.91 Å². The predicted molar refractivity (Wildman–Crippen MR) is 103 cm³/mol. The summed E-state index contributed by atoms with van der Waals surface area (Å²) in [6.07, 6.45) is 1.72. The van der Waals surface area contributed by atoms with E-state index in [1.807, 2.05) is 17.9 Å².